The van der Waals surface area contributed by atoms with Crippen molar-refractivity contribution < 1.29 is 125 Å². The van der Waals surface area contributed by atoms with Gasteiger partial charge in [0, 0.05) is 70.6 Å². The number of azide groups is 1. The maximum atomic E-state index is 13.4. The zero-order valence-electron chi connectivity index (χ0n) is 53.4. The molecule has 2 aliphatic heterocycles. The topological polar surface area (TPSA) is 624 Å². The summed E-state index contributed by atoms with van der Waals surface area (Å²) in [5.74, 6) is 0.706. The van der Waals surface area contributed by atoms with Crippen LogP contribution in [0.5, 0.6) is 0 Å². The van der Waals surface area contributed by atoms with E-state index in [0.717, 1.165) is 41.7 Å². The summed E-state index contributed by atoms with van der Waals surface area (Å²) in [6.45, 7) is 3.77. The molecule has 5 atom stereocenters. The molecule has 0 saturated carbocycles. The quantitative estimate of drug-likeness (QED) is 0.00220. The third-order valence-corrected chi connectivity index (χ3v) is 23.9. The summed E-state index contributed by atoms with van der Waals surface area (Å²) in [5.41, 5.74) is 17.0. The maximum Gasteiger partial charge on any atom is 0.479 e. The zero-order valence-corrected chi connectivity index (χ0v) is 59.3. The molecule has 0 bridgehead atoms. The van der Waals surface area contributed by atoms with Gasteiger partial charge in [0.15, 0.2) is 27.0 Å². The normalized spacial score (nSPS) is 16.1. The fourth-order valence-electron chi connectivity index (χ4n) is 9.30. The summed E-state index contributed by atoms with van der Waals surface area (Å²) in [5, 5.41) is 31.2. The van der Waals surface area contributed by atoms with Gasteiger partial charge in [0.2, 0.25) is 0 Å². The molecule has 1 aliphatic carbocycles. The molecule has 101 heavy (non-hydrogen) atoms. The van der Waals surface area contributed by atoms with Gasteiger partial charge >= 0.3 is 46.8 Å². The predicted octanol–water partition coefficient (Wildman–Crippen LogP) is 4.53. The van der Waals surface area contributed by atoms with Gasteiger partial charge in [0.1, 0.15) is 30.8 Å². The van der Waals surface area contributed by atoms with E-state index in [9.17, 15) is 78.5 Å². The highest BCUT2D eigenvalue weighted by molar-refractivity contribution is 8.77. The lowest BCUT2D eigenvalue weighted by Crippen LogP contribution is -2.36. The Labute approximate surface area is 582 Å². The first kappa shape index (κ1) is 82.7. The molecule has 47 heteroatoms. The second-order valence-electron chi connectivity index (χ2n) is 21.9. The van der Waals surface area contributed by atoms with E-state index >= 15 is 0 Å². The van der Waals surface area contributed by atoms with Gasteiger partial charge in [-0.1, -0.05) is 38.5 Å². The number of hydrogen-bond donors (Lipinski definition) is 14. The van der Waals surface area contributed by atoms with Crippen LogP contribution in [0.25, 0.3) is 43.9 Å². The van der Waals surface area contributed by atoms with E-state index in [1.54, 1.807) is 10.8 Å². The van der Waals surface area contributed by atoms with Crippen molar-refractivity contribution in [3.8, 4) is 34.3 Å². The van der Waals surface area contributed by atoms with Gasteiger partial charge in [0.05, 0.1) is 74.5 Å². The third-order valence-electron chi connectivity index (χ3n) is 13.8. The van der Waals surface area contributed by atoms with Crippen LogP contribution in [0.1, 0.15) is 78.5 Å². The number of nitrogen functional groups attached to an aromatic ring is 2. The number of ether oxygens (including phenoxy) is 6. The number of nitrogens with one attached hydrogen (secondary N) is 5. The Morgan fingerprint density at radius 2 is 1.58 bits per heavy atom. The predicted molar refractivity (Wildman–Crippen MR) is 359 cm³/mol. The molecule has 0 spiro atoms. The summed E-state index contributed by atoms with van der Waals surface area (Å²) in [7, 11) is -23.4. The summed E-state index contributed by atoms with van der Waals surface area (Å²) in [4.78, 5) is 105. The number of unbranched alkanes of at least 4 members (excludes halogenated alkanes) is 2. The number of carbonyl (C=O) groups is 4. The van der Waals surface area contributed by atoms with Crippen LogP contribution in [0.3, 0.4) is 0 Å². The monoisotopic (exact) mass is 1560 g/mol. The molecule has 16 N–H and O–H groups in total. The number of carboxylic acids is 1. The van der Waals surface area contributed by atoms with E-state index in [1.807, 2.05) is 13.8 Å². The Hall–Kier alpha value is -7.27. The van der Waals surface area contributed by atoms with Crippen LogP contribution in [0.2, 0.25) is 0 Å². The van der Waals surface area contributed by atoms with Crippen molar-refractivity contribution in [2.24, 2.45) is 5.11 Å². The first-order chi connectivity index (χ1) is 47.4. The van der Waals surface area contributed by atoms with E-state index in [-0.39, 0.29) is 103 Å². The Morgan fingerprint density at radius 1 is 0.881 bits per heavy atom. The number of carboxylic acid groups (broad SMARTS) is 1. The molecule has 3 aliphatic rings. The average molecular weight is 1560 g/mol. The number of aromatic carboxylic acids is 1. The number of phosphoric ester groups is 1. The largest absolute Gasteiger partial charge is 0.479 e. The number of phosphoric acid groups is 1. The molecule has 554 valence electrons. The number of urea groups is 1. The van der Waals surface area contributed by atoms with Crippen LogP contribution in [-0.2, 0) is 71.2 Å². The van der Waals surface area contributed by atoms with Crippen LogP contribution in [0.15, 0.2) is 72.8 Å². The lowest BCUT2D eigenvalue weighted by molar-refractivity contribution is -0.0599. The van der Waals surface area contributed by atoms with Crippen molar-refractivity contribution in [3.05, 3.63) is 91.6 Å². The van der Waals surface area contributed by atoms with Crippen molar-refractivity contribution in [2.45, 2.75) is 78.9 Å². The number of nitrogens with zero attached hydrogens (tertiary/aromatic N) is 5. The fraction of sp³-hybridized carbons (Fsp3) is 0.463. The molecule has 6 rings (SSSR count). The fourth-order valence-corrected chi connectivity index (χ4v) is 17.4. The van der Waals surface area contributed by atoms with E-state index in [4.69, 9.17) is 69.6 Å². The molecular formula is C54H71N12O28P3S4. The number of nitrogens with two attached hydrogens (primary N) is 2. The van der Waals surface area contributed by atoms with Crippen LogP contribution in [-0.4, -0.2) is 192 Å². The van der Waals surface area contributed by atoms with Crippen molar-refractivity contribution in [3.63, 3.8) is 0 Å². The van der Waals surface area contributed by atoms with Crippen LogP contribution in [0, 0.1) is 17.3 Å². The summed E-state index contributed by atoms with van der Waals surface area (Å²) in [6, 6.07) is 7.31. The highest BCUT2D eigenvalue weighted by Crippen LogP contribution is 2.65. The molecule has 4 amide bonds. The molecule has 3 unspecified atom stereocenters. The lowest BCUT2D eigenvalue weighted by atomic mass is 9.89. The number of aromatic nitrogens is 2. The van der Waals surface area contributed by atoms with Crippen molar-refractivity contribution in [2.75, 3.05) is 102 Å². The van der Waals surface area contributed by atoms with Gasteiger partial charge in [-0.25, -0.2) is 28.1 Å². The minimum atomic E-state index is -5.46. The number of benzene rings is 3. The van der Waals surface area contributed by atoms with Crippen LogP contribution >= 0.6 is 44.6 Å². The molecule has 1 aromatic heterocycles. The summed E-state index contributed by atoms with van der Waals surface area (Å²) in [6.07, 6.45) is -0.639. The number of alkyl carbamates (subject to hydrolysis) is 1. The average Bonchev–Trinajstić information content (AvgIpc) is 1.14. The molecule has 3 heterocycles. The molecule has 1 saturated heterocycles. The summed E-state index contributed by atoms with van der Waals surface area (Å²) >= 11 is 0. The van der Waals surface area contributed by atoms with Gasteiger partial charge in [0.25, 0.3) is 26.1 Å². The van der Waals surface area contributed by atoms with Gasteiger partial charge in [-0.3, -0.25) is 37.5 Å². The van der Waals surface area contributed by atoms with Gasteiger partial charge in [-0.2, -0.15) is 21.8 Å². The number of fused-ring (bicyclic) bond motifs is 2. The first-order valence-corrected chi connectivity index (χ1v) is 39.8. The highest BCUT2D eigenvalue weighted by atomic mass is 33.1. The van der Waals surface area contributed by atoms with E-state index < -0.39 is 148 Å². The van der Waals surface area contributed by atoms with Gasteiger partial charge in [-0.05, 0) is 93.1 Å². The van der Waals surface area contributed by atoms with E-state index in [0.29, 0.717) is 31.9 Å². The highest BCUT2D eigenvalue weighted by Gasteiger charge is 2.43. The summed E-state index contributed by atoms with van der Waals surface area (Å²) < 4.78 is 155. The smallest absolute Gasteiger partial charge is 0.478 e. The van der Waals surface area contributed by atoms with Gasteiger partial charge < -0.3 is 90.3 Å². The molecule has 0 radical (unpaired) electrons. The van der Waals surface area contributed by atoms with Crippen molar-refractivity contribution in [1.82, 2.24) is 30.8 Å². The SMILES string of the molecule is CC(C)(CCOC(=O)NCCOCCOCCNC(=O)c1ccc(C(=O)O)c(-c2c3ccc(=N)c(S(=O)(=O)O)c-3oc3c(S(=O)(=O)O)c(N)ccc23)c1)SSCOCCCCCNC(=O)NCC#Cc1cn([C@H]2CC(OCN=[N+]=[N-])[C@@H](COP(=O)(O)OP(=O)(O)CP(=O)(O)O)O2)c(=O)nc1N. The molecule has 2 aromatic carbocycles. The number of amides is 4. The molecule has 3 aromatic rings. The third kappa shape index (κ3) is 25.9. The Kier molecular flexibility index (Phi) is 30.5. The Morgan fingerprint density at radius 3 is 2.26 bits per heavy atom. The minimum absolute atomic E-state index is 0.00148. The Balaban J connectivity index is 0.802. The van der Waals surface area contributed by atoms with Crippen LogP contribution < -0.4 is 43.8 Å². The van der Waals surface area contributed by atoms with E-state index in [1.165, 1.54) is 35.2 Å². The number of rotatable bonds is 39. The van der Waals surface area contributed by atoms with E-state index in [2.05, 4.69) is 52.4 Å². The lowest BCUT2D eigenvalue weighted by Gasteiger charge is -2.22. The second-order valence-corrected chi connectivity index (χ2v) is 33.1. The van der Waals surface area contributed by atoms with Crippen LogP contribution in [0.4, 0.5) is 21.1 Å². The van der Waals surface area contributed by atoms with Crippen molar-refractivity contribution in [1.29, 1.82) is 5.41 Å². The zero-order chi connectivity index (χ0) is 74.5. The minimum Gasteiger partial charge on any atom is -0.478 e. The molecular weight excluding hydrogens is 1490 g/mol. The standard InChI is InChI=1S/C54H71N12O28P3S4/c1-54(2,99-98-30-88-19-5-3-4-15-60-51(70)61-16-6-7-33-27-66(52(71)64-48(33)57)42-26-40(90-29-63-65-58)41(92-42)28-91-97(78,79)94-96(76,77)31-95(73,74)75)14-20-89-53(72)62-18-22-87-24-23-86-21-17-59-49(67)32-8-9-34(50(68)69)37(25-32)43-35-10-12-38(55)46(100(80,81)82)44(35)93-45-36(43)11-13-39(56)47(45)101(83,84)85/h8-13,25,27,40-42,55H,3-5,14-24,26,28-31,56H2,1-2H3,(H,59,67)(H,62,72)(H,68,69)(H,76,77)(H,78,79)(H2,57,64,71)(H2,60,61,70)(H2,73,74,75)(H,80,81,82)(H,83,84,85)/t40?,41-,42-/m1/s1. The van der Waals surface area contributed by atoms with Crippen molar-refractivity contribution >= 4 is 111 Å². The number of hydrogen-bond acceptors (Lipinski definition) is 28. The second kappa shape index (κ2) is 37.2. The number of carbonyl (C=O) groups excluding carboxylic acids is 3. The molecule has 40 nitrogen and oxygen atoms in total. The maximum absolute atomic E-state index is 13.4. The van der Waals surface area contributed by atoms with Gasteiger partial charge in [-0.15, -0.1) is 0 Å². The molecule has 1 fully saturated rings. The number of anilines is 2. The Bertz CT molecular complexity index is 4430. The first-order valence-electron chi connectivity index (χ1n) is 29.5.